The van der Waals surface area contributed by atoms with Gasteiger partial charge in [0.15, 0.2) is 0 Å². The predicted octanol–water partition coefficient (Wildman–Crippen LogP) is 0.518. The van der Waals surface area contributed by atoms with Crippen molar-refractivity contribution in [2.24, 2.45) is 22.9 Å². The van der Waals surface area contributed by atoms with E-state index in [9.17, 15) is 0 Å². The minimum Gasteiger partial charge on any atom is -0.330 e. The first-order chi connectivity index (χ1) is 9.33. The minimum absolute atomic E-state index is 0.597. The molecule has 118 valence electrons. The van der Waals surface area contributed by atoms with Gasteiger partial charge in [0.05, 0.1) is 0 Å². The molecule has 0 saturated heterocycles. The van der Waals surface area contributed by atoms with Crippen molar-refractivity contribution in [3.05, 3.63) is 0 Å². The van der Waals surface area contributed by atoms with Crippen molar-refractivity contribution in [2.45, 2.75) is 51.4 Å². The van der Waals surface area contributed by atoms with Crippen molar-refractivity contribution in [1.29, 1.82) is 0 Å². The number of nitrogens with one attached hydrogen (secondary N) is 1. The second-order valence-corrected chi connectivity index (χ2v) is 4.73. The Labute approximate surface area is 119 Å². The van der Waals surface area contributed by atoms with Gasteiger partial charge >= 0.3 is 0 Å². The fraction of sp³-hybridized carbons (Fsp3) is 1.00. The summed E-state index contributed by atoms with van der Waals surface area (Å²) >= 11 is 0. The average Bonchev–Trinajstić information content (AvgIpc) is 2.45. The second-order valence-electron chi connectivity index (χ2n) is 4.73. The molecule has 0 aliphatic carbocycles. The van der Waals surface area contributed by atoms with Gasteiger partial charge in [0.25, 0.3) is 0 Å². The molecule has 0 aliphatic heterocycles. The summed E-state index contributed by atoms with van der Waals surface area (Å²) in [5.74, 6) is 0. The lowest BCUT2D eigenvalue weighted by Gasteiger charge is -2.04. The summed E-state index contributed by atoms with van der Waals surface area (Å²) in [6.07, 6.45) is 10.2. The van der Waals surface area contributed by atoms with Crippen LogP contribution >= 0.6 is 0 Å². The molecule has 0 saturated carbocycles. The van der Waals surface area contributed by atoms with Crippen molar-refractivity contribution >= 4 is 0 Å². The summed E-state index contributed by atoms with van der Waals surface area (Å²) in [7, 11) is 0. The molecular formula is C14H37N5. The van der Waals surface area contributed by atoms with Crippen LogP contribution in [0.4, 0.5) is 0 Å². The highest BCUT2D eigenvalue weighted by molar-refractivity contribution is 4.51. The van der Waals surface area contributed by atoms with Crippen LogP contribution < -0.4 is 28.3 Å². The molecule has 0 atom stereocenters. The zero-order valence-electron chi connectivity index (χ0n) is 12.7. The summed E-state index contributed by atoms with van der Waals surface area (Å²) in [6, 6.07) is 0. The van der Waals surface area contributed by atoms with Gasteiger partial charge in [0, 0.05) is 13.1 Å². The van der Waals surface area contributed by atoms with Crippen molar-refractivity contribution in [1.82, 2.24) is 5.32 Å². The zero-order valence-corrected chi connectivity index (χ0v) is 12.7. The SMILES string of the molecule is NCCCCCCNCCCCCCN.NCCN. The summed E-state index contributed by atoms with van der Waals surface area (Å²) < 4.78 is 0. The molecule has 0 spiro atoms. The van der Waals surface area contributed by atoms with E-state index in [0.29, 0.717) is 13.1 Å². The summed E-state index contributed by atoms with van der Waals surface area (Å²) in [6.45, 7) is 5.21. The van der Waals surface area contributed by atoms with E-state index >= 15 is 0 Å². The first-order valence-electron chi connectivity index (χ1n) is 7.84. The number of rotatable bonds is 13. The molecule has 0 aromatic rings. The number of nitrogens with two attached hydrogens (primary N) is 4. The molecule has 0 heterocycles. The fourth-order valence-electron chi connectivity index (χ4n) is 1.62. The topological polar surface area (TPSA) is 116 Å². The molecular weight excluding hydrogens is 238 g/mol. The Hall–Kier alpha value is -0.200. The maximum atomic E-state index is 5.42. The minimum atomic E-state index is 0.597. The van der Waals surface area contributed by atoms with Gasteiger partial charge in [-0.2, -0.15) is 0 Å². The van der Waals surface area contributed by atoms with Gasteiger partial charge in [0.2, 0.25) is 0 Å². The first-order valence-corrected chi connectivity index (χ1v) is 7.84. The molecule has 5 heteroatoms. The third-order valence-electron chi connectivity index (χ3n) is 2.78. The quantitative estimate of drug-likeness (QED) is 0.314. The second kappa shape index (κ2) is 22.9. The van der Waals surface area contributed by atoms with Gasteiger partial charge in [-0.05, 0) is 51.9 Å². The van der Waals surface area contributed by atoms with E-state index in [1.165, 1.54) is 64.5 Å². The standard InChI is InChI=1S/C12H29N3.C2H8N2/c13-9-5-1-3-7-11-15-12-8-4-2-6-10-14;3-1-2-4/h15H,1-14H2;1-4H2. The van der Waals surface area contributed by atoms with Gasteiger partial charge in [0.1, 0.15) is 0 Å². The van der Waals surface area contributed by atoms with Crippen LogP contribution in [0.5, 0.6) is 0 Å². The monoisotopic (exact) mass is 275 g/mol. The van der Waals surface area contributed by atoms with Crippen LogP contribution in [0.15, 0.2) is 0 Å². The summed E-state index contributed by atoms with van der Waals surface area (Å²) in [5.41, 5.74) is 20.7. The lowest BCUT2D eigenvalue weighted by molar-refractivity contribution is 0.558. The number of hydrogen-bond donors (Lipinski definition) is 5. The van der Waals surface area contributed by atoms with Crippen molar-refractivity contribution in [3.63, 3.8) is 0 Å². The largest absolute Gasteiger partial charge is 0.330 e. The summed E-state index contributed by atoms with van der Waals surface area (Å²) in [4.78, 5) is 0. The molecule has 9 N–H and O–H groups in total. The molecule has 0 bridgehead atoms. The molecule has 5 nitrogen and oxygen atoms in total. The van der Waals surface area contributed by atoms with Gasteiger partial charge in [-0.3, -0.25) is 0 Å². The Bertz CT molecular complexity index is 119. The maximum Gasteiger partial charge on any atom is 0.00461 e. The van der Waals surface area contributed by atoms with Crippen molar-refractivity contribution in [3.8, 4) is 0 Å². The van der Waals surface area contributed by atoms with E-state index in [2.05, 4.69) is 5.32 Å². The fourth-order valence-corrected chi connectivity index (χ4v) is 1.62. The van der Waals surface area contributed by atoms with E-state index in [4.69, 9.17) is 22.9 Å². The highest BCUT2D eigenvalue weighted by Crippen LogP contribution is 1.98. The van der Waals surface area contributed by atoms with E-state index in [1.807, 2.05) is 0 Å². The van der Waals surface area contributed by atoms with Gasteiger partial charge < -0.3 is 28.3 Å². The van der Waals surface area contributed by atoms with Crippen LogP contribution in [0, 0.1) is 0 Å². The Morgan fingerprint density at radius 2 is 0.789 bits per heavy atom. The third-order valence-corrected chi connectivity index (χ3v) is 2.78. The maximum absolute atomic E-state index is 5.42. The zero-order chi connectivity index (χ0) is 14.6. The Kier molecular flexibility index (Phi) is 25.5. The van der Waals surface area contributed by atoms with Gasteiger partial charge in [-0.25, -0.2) is 0 Å². The molecule has 0 radical (unpaired) electrons. The van der Waals surface area contributed by atoms with Gasteiger partial charge in [-0.1, -0.05) is 25.7 Å². The molecule has 0 aliphatic rings. The van der Waals surface area contributed by atoms with E-state index in [0.717, 1.165) is 13.1 Å². The highest BCUT2D eigenvalue weighted by Gasteiger charge is 1.91. The smallest absolute Gasteiger partial charge is 0.00461 e. The average molecular weight is 275 g/mol. The lowest BCUT2D eigenvalue weighted by atomic mass is 10.2. The summed E-state index contributed by atoms with van der Waals surface area (Å²) in [5, 5.41) is 3.48. The highest BCUT2D eigenvalue weighted by atomic mass is 14.8. The molecule has 19 heavy (non-hydrogen) atoms. The molecule has 0 amide bonds. The third kappa shape index (κ3) is 27.1. The molecule has 0 unspecified atom stereocenters. The Morgan fingerprint density at radius 3 is 1.11 bits per heavy atom. The number of unbranched alkanes of at least 4 members (excludes halogenated alkanes) is 6. The predicted molar refractivity (Wildman–Crippen MR) is 86.0 cm³/mol. The van der Waals surface area contributed by atoms with Crippen molar-refractivity contribution in [2.75, 3.05) is 39.3 Å². The molecule has 0 aromatic carbocycles. The van der Waals surface area contributed by atoms with Gasteiger partial charge in [-0.15, -0.1) is 0 Å². The first kappa shape index (κ1) is 21.1. The Morgan fingerprint density at radius 1 is 0.421 bits per heavy atom. The van der Waals surface area contributed by atoms with E-state index in [-0.39, 0.29) is 0 Å². The Balaban J connectivity index is 0. The molecule has 0 fully saturated rings. The van der Waals surface area contributed by atoms with Crippen LogP contribution in [0.2, 0.25) is 0 Å². The van der Waals surface area contributed by atoms with Crippen LogP contribution in [-0.2, 0) is 0 Å². The van der Waals surface area contributed by atoms with Crippen LogP contribution in [0.25, 0.3) is 0 Å². The van der Waals surface area contributed by atoms with E-state index in [1.54, 1.807) is 0 Å². The molecule has 0 rings (SSSR count). The van der Waals surface area contributed by atoms with Crippen LogP contribution in [0.3, 0.4) is 0 Å². The lowest BCUT2D eigenvalue weighted by Crippen LogP contribution is -2.16. The molecule has 0 aromatic heterocycles. The van der Waals surface area contributed by atoms with E-state index < -0.39 is 0 Å². The van der Waals surface area contributed by atoms with Crippen LogP contribution in [0.1, 0.15) is 51.4 Å². The van der Waals surface area contributed by atoms with Crippen molar-refractivity contribution < 1.29 is 0 Å². The van der Waals surface area contributed by atoms with Crippen LogP contribution in [-0.4, -0.2) is 39.3 Å². The number of hydrogen-bond acceptors (Lipinski definition) is 5. The normalized spacial score (nSPS) is 10.1.